The van der Waals surface area contributed by atoms with Gasteiger partial charge in [0.05, 0.1) is 6.54 Å². The number of para-hydroxylation sites is 2. The topological polar surface area (TPSA) is 94.9 Å². The number of anilines is 2. The van der Waals surface area contributed by atoms with Crippen LogP contribution in [0.2, 0.25) is 5.02 Å². The van der Waals surface area contributed by atoms with Crippen molar-refractivity contribution < 1.29 is 4.42 Å². The zero-order chi connectivity index (χ0) is 20.5. The van der Waals surface area contributed by atoms with E-state index in [0.717, 1.165) is 10.1 Å². The molecular formula is C20H18ClN5O3. The lowest BCUT2D eigenvalue weighted by molar-refractivity contribution is 0.496. The highest BCUT2D eigenvalue weighted by atomic mass is 35.5. The van der Waals surface area contributed by atoms with Crippen molar-refractivity contribution in [3.8, 4) is 0 Å². The average molecular weight is 412 g/mol. The third-order valence-electron chi connectivity index (χ3n) is 4.38. The number of rotatable bonds is 5. The van der Waals surface area contributed by atoms with Crippen molar-refractivity contribution in [2.24, 2.45) is 0 Å². The van der Waals surface area contributed by atoms with Crippen molar-refractivity contribution in [1.82, 2.24) is 19.1 Å². The lowest BCUT2D eigenvalue weighted by atomic mass is 10.2. The van der Waals surface area contributed by atoms with Crippen molar-refractivity contribution in [2.75, 3.05) is 5.32 Å². The fourth-order valence-corrected chi connectivity index (χ4v) is 3.11. The van der Waals surface area contributed by atoms with Crippen molar-refractivity contribution >= 4 is 34.7 Å². The lowest BCUT2D eigenvalue weighted by Crippen LogP contribution is -2.43. The SMILES string of the molecule is CC(C)n1c(=O)nc(Nc2nc3ccccc3o2)n(Cc2ccc(Cl)cc2)c1=O. The van der Waals surface area contributed by atoms with Gasteiger partial charge in [-0.1, -0.05) is 35.9 Å². The van der Waals surface area contributed by atoms with E-state index < -0.39 is 11.4 Å². The Morgan fingerprint density at radius 3 is 2.48 bits per heavy atom. The minimum Gasteiger partial charge on any atom is -0.423 e. The largest absolute Gasteiger partial charge is 0.423 e. The smallest absolute Gasteiger partial charge is 0.355 e. The Bertz CT molecular complexity index is 1260. The predicted octanol–water partition coefficient (Wildman–Crippen LogP) is 3.57. The van der Waals surface area contributed by atoms with Gasteiger partial charge in [-0.15, -0.1) is 0 Å². The third-order valence-corrected chi connectivity index (χ3v) is 4.64. The molecule has 4 rings (SSSR count). The molecule has 1 N–H and O–H groups in total. The summed E-state index contributed by atoms with van der Waals surface area (Å²) in [7, 11) is 0. The Morgan fingerprint density at radius 2 is 1.79 bits per heavy atom. The number of oxazole rings is 1. The summed E-state index contributed by atoms with van der Waals surface area (Å²) < 4.78 is 8.13. The van der Waals surface area contributed by atoms with E-state index in [2.05, 4.69) is 15.3 Å². The van der Waals surface area contributed by atoms with Gasteiger partial charge in [-0.2, -0.15) is 9.97 Å². The Balaban J connectivity index is 1.81. The second-order valence-electron chi connectivity index (χ2n) is 6.79. The van der Waals surface area contributed by atoms with Crippen LogP contribution in [0, 0.1) is 0 Å². The van der Waals surface area contributed by atoms with Crippen LogP contribution < -0.4 is 16.7 Å². The highest BCUT2D eigenvalue weighted by Crippen LogP contribution is 2.21. The second kappa shape index (κ2) is 7.56. The maximum absolute atomic E-state index is 13.1. The van der Waals surface area contributed by atoms with E-state index >= 15 is 0 Å². The van der Waals surface area contributed by atoms with Crippen molar-refractivity contribution in [3.63, 3.8) is 0 Å². The van der Waals surface area contributed by atoms with Crippen LogP contribution in [-0.2, 0) is 6.54 Å². The fraction of sp³-hybridized carbons (Fsp3) is 0.200. The van der Waals surface area contributed by atoms with Crippen molar-refractivity contribution in [2.45, 2.75) is 26.4 Å². The standard InChI is InChI=1S/C20H18ClN5O3/c1-12(2)26-19(27)24-17(23-18-22-15-5-3-4-6-16(15)29-18)25(20(26)28)11-13-7-9-14(21)10-8-13/h3-10,12H,11H2,1-2H3,(H,22,23,24,27). The van der Waals surface area contributed by atoms with Crippen LogP contribution in [0.3, 0.4) is 0 Å². The normalized spacial score (nSPS) is 11.3. The molecule has 9 heteroatoms. The molecule has 2 aromatic carbocycles. The van der Waals surface area contributed by atoms with Gasteiger partial charge in [-0.3, -0.25) is 9.88 Å². The highest BCUT2D eigenvalue weighted by Gasteiger charge is 2.17. The molecule has 0 fully saturated rings. The van der Waals surface area contributed by atoms with Gasteiger partial charge in [0.25, 0.3) is 0 Å². The van der Waals surface area contributed by atoms with Crippen LogP contribution in [0.15, 0.2) is 62.5 Å². The van der Waals surface area contributed by atoms with E-state index in [1.807, 2.05) is 24.3 Å². The molecule has 0 aliphatic rings. The Kier molecular flexibility index (Phi) is 4.94. The number of benzene rings is 2. The van der Waals surface area contributed by atoms with Gasteiger partial charge in [0.15, 0.2) is 5.58 Å². The Morgan fingerprint density at radius 1 is 1.07 bits per heavy atom. The molecule has 0 aliphatic carbocycles. The summed E-state index contributed by atoms with van der Waals surface area (Å²) in [4.78, 5) is 33.9. The molecule has 29 heavy (non-hydrogen) atoms. The molecule has 4 aromatic rings. The van der Waals surface area contributed by atoms with Crippen LogP contribution in [-0.4, -0.2) is 19.1 Å². The fourth-order valence-electron chi connectivity index (χ4n) is 2.98. The van der Waals surface area contributed by atoms with E-state index in [0.29, 0.717) is 16.1 Å². The minimum absolute atomic E-state index is 0.0541. The van der Waals surface area contributed by atoms with Gasteiger partial charge in [0.2, 0.25) is 5.95 Å². The molecule has 0 saturated carbocycles. The molecular weight excluding hydrogens is 394 g/mol. The number of nitrogens with zero attached hydrogens (tertiary/aromatic N) is 4. The maximum atomic E-state index is 13.1. The number of hydrogen-bond acceptors (Lipinski definition) is 6. The summed E-state index contributed by atoms with van der Waals surface area (Å²) in [6.07, 6.45) is 0. The summed E-state index contributed by atoms with van der Waals surface area (Å²) in [5.74, 6) is 0.0541. The first-order valence-electron chi connectivity index (χ1n) is 9.03. The molecule has 2 heterocycles. The molecule has 0 bridgehead atoms. The number of aromatic nitrogens is 4. The molecule has 0 aliphatic heterocycles. The zero-order valence-electron chi connectivity index (χ0n) is 15.8. The van der Waals surface area contributed by atoms with Crippen LogP contribution in [0.4, 0.5) is 12.0 Å². The summed E-state index contributed by atoms with van der Waals surface area (Å²) in [6, 6.07) is 14.1. The minimum atomic E-state index is -0.643. The molecule has 0 spiro atoms. The van der Waals surface area contributed by atoms with Crippen LogP contribution in [0.25, 0.3) is 11.1 Å². The monoisotopic (exact) mass is 411 g/mol. The molecule has 2 aromatic heterocycles. The molecule has 0 unspecified atom stereocenters. The molecule has 0 saturated heterocycles. The number of halogens is 1. The van der Waals surface area contributed by atoms with Gasteiger partial charge in [-0.25, -0.2) is 14.2 Å². The van der Waals surface area contributed by atoms with E-state index in [1.54, 1.807) is 38.1 Å². The quantitative estimate of drug-likeness (QED) is 0.539. The molecule has 8 nitrogen and oxygen atoms in total. The second-order valence-corrected chi connectivity index (χ2v) is 7.23. The first-order valence-corrected chi connectivity index (χ1v) is 9.40. The van der Waals surface area contributed by atoms with Crippen LogP contribution >= 0.6 is 11.6 Å². The van der Waals surface area contributed by atoms with Gasteiger partial charge in [0, 0.05) is 11.1 Å². The maximum Gasteiger partial charge on any atom is 0.355 e. The Labute approximate surface area is 170 Å². The van der Waals surface area contributed by atoms with E-state index in [-0.39, 0.29) is 24.5 Å². The number of hydrogen-bond donors (Lipinski definition) is 1. The highest BCUT2D eigenvalue weighted by molar-refractivity contribution is 6.30. The predicted molar refractivity (Wildman–Crippen MR) is 111 cm³/mol. The summed E-state index contributed by atoms with van der Waals surface area (Å²) in [5.41, 5.74) is 0.937. The lowest BCUT2D eigenvalue weighted by Gasteiger charge is -2.16. The summed E-state index contributed by atoms with van der Waals surface area (Å²) in [6.45, 7) is 3.70. The zero-order valence-corrected chi connectivity index (χ0v) is 16.6. The third kappa shape index (κ3) is 3.79. The van der Waals surface area contributed by atoms with E-state index in [9.17, 15) is 9.59 Å². The summed E-state index contributed by atoms with van der Waals surface area (Å²) in [5, 5.41) is 3.47. The molecule has 148 valence electrons. The van der Waals surface area contributed by atoms with Crippen LogP contribution in [0.5, 0.6) is 0 Å². The van der Waals surface area contributed by atoms with Gasteiger partial charge in [-0.05, 0) is 43.7 Å². The van der Waals surface area contributed by atoms with Crippen molar-refractivity contribution in [3.05, 3.63) is 80.1 Å². The average Bonchev–Trinajstić information content (AvgIpc) is 3.08. The first kappa shape index (κ1) is 18.9. The molecule has 0 radical (unpaired) electrons. The number of fused-ring (bicyclic) bond motifs is 1. The molecule has 0 atom stereocenters. The first-order chi connectivity index (χ1) is 13.9. The van der Waals surface area contributed by atoms with Gasteiger partial charge in [0.1, 0.15) is 5.52 Å². The van der Waals surface area contributed by atoms with Gasteiger partial charge >= 0.3 is 17.4 Å². The summed E-state index contributed by atoms with van der Waals surface area (Å²) >= 11 is 5.95. The molecule has 0 amide bonds. The van der Waals surface area contributed by atoms with Crippen LogP contribution in [0.1, 0.15) is 25.5 Å². The van der Waals surface area contributed by atoms with E-state index in [1.165, 1.54) is 4.57 Å². The number of nitrogens with one attached hydrogen (secondary N) is 1. The Hall–Kier alpha value is -3.39. The van der Waals surface area contributed by atoms with E-state index in [4.69, 9.17) is 16.0 Å². The van der Waals surface area contributed by atoms with Gasteiger partial charge < -0.3 is 4.42 Å². The van der Waals surface area contributed by atoms with Crippen molar-refractivity contribution in [1.29, 1.82) is 0 Å².